The molecule has 1 fully saturated rings. The Morgan fingerprint density at radius 2 is 2.06 bits per heavy atom. The maximum Gasteiger partial charge on any atom is 0.199 e. The lowest BCUT2D eigenvalue weighted by Gasteiger charge is -2.28. The molecule has 0 spiro atoms. The van der Waals surface area contributed by atoms with Gasteiger partial charge in [-0.15, -0.1) is 0 Å². The van der Waals surface area contributed by atoms with Crippen molar-refractivity contribution in [1.29, 1.82) is 0 Å². The van der Waals surface area contributed by atoms with Crippen LogP contribution in [0.4, 0.5) is 0 Å². The zero-order chi connectivity index (χ0) is 23.7. The second-order valence-corrected chi connectivity index (χ2v) is 9.04. The normalized spacial score (nSPS) is 19.8. The molecule has 1 saturated heterocycles. The third-order valence-corrected chi connectivity index (χ3v) is 6.56. The molecule has 34 heavy (non-hydrogen) atoms. The van der Waals surface area contributed by atoms with Gasteiger partial charge in [0, 0.05) is 16.5 Å². The number of aliphatic imine (C=N–C) groups is 1. The molecule has 7 nitrogen and oxygen atoms in total. The number of aromatic hydroxyl groups is 1. The Morgan fingerprint density at radius 3 is 2.79 bits per heavy atom. The number of hydrogen-bond donors (Lipinski definition) is 2. The first kappa shape index (κ1) is 22.2. The topological polar surface area (TPSA) is 87.2 Å². The summed E-state index contributed by atoms with van der Waals surface area (Å²) in [4.78, 5) is 22.5. The summed E-state index contributed by atoms with van der Waals surface area (Å²) < 4.78 is 12.0. The summed E-state index contributed by atoms with van der Waals surface area (Å²) in [6.07, 6.45) is 12.9. The number of carbonyl (C=O) groups is 1. The molecule has 176 valence electrons. The van der Waals surface area contributed by atoms with Gasteiger partial charge in [0.1, 0.15) is 18.2 Å². The van der Waals surface area contributed by atoms with Crippen molar-refractivity contribution in [3.05, 3.63) is 77.2 Å². The van der Waals surface area contributed by atoms with Gasteiger partial charge < -0.3 is 24.5 Å². The number of hydrogen-bond acceptors (Lipinski definition) is 6. The largest absolute Gasteiger partial charge is 0.494 e. The molecule has 1 aromatic heterocycles. The first-order valence-electron chi connectivity index (χ1n) is 11.7. The molecule has 0 amide bonds. The molecule has 0 radical (unpaired) electrons. The molecular formula is C27H29N3O4. The monoisotopic (exact) mass is 459 g/mol. The summed E-state index contributed by atoms with van der Waals surface area (Å²) in [6.45, 7) is 3.44. The van der Waals surface area contributed by atoms with Crippen molar-refractivity contribution < 1.29 is 19.4 Å². The van der Waals surface area contributed by atoms with Crippen LogP contribution in [0, 0.1) is 0 Å². The predicted octanol–water partition coefficient (Wildman–Crippen LogP) is 4.97. The highest BCUT2D eigenvalue weighted by molar-refractivity contribution is 6.20. The van der Waals surface area contributed by atoms with Crippen LogP contribution in [0.2, 0.25) is 0 Å². The maximum absolute atomic E-state index is 12.1. The summed E-state index contributed by atoms with van der Waals surface area (Å²) in [5.41, 5.74) is 3.39. The first-order valence-corrected chi connectivity index (χ1v) is 11.7. The van der Waals surface area contributed by atoms with Crippen LogP contribution in [0.25, 0.3) is 10.9 Å². The number of nitrogens with one attached hydrogen (secondary N) is 1. The molecule has 2 N–H and O–H groups in total. The second kappa shape index (κ2) is 9.35. The minimum absolute atomic E-state index is 0.0113. The van der Waals surface area contributed by atoms with Crippen molar-refractivity contribution in [1.82, 2.24) is 9.88 Å². The van der Waals surface area contributed by atoms with E-state index in [-0.39, 0.29) is 17.7 Å². The molecular weight excluding hydrogens is 430 g/mol. The molecule has 2 aliphatic heterocycles. The van der Waals surface area contributed by atoms with Crippen molar-refractivity contribution >= 4 is 22.4 Å². The van der Waals surface area contributed by atoms with Gasteiger partial charge in [-0.3, -0.25) is 9.79 Å². The van der Waals surface area contributed by atoms with Gasteiger partial charge in [0.15, 0.2) is 23.2 Å². The molecule has 1 aliphatic carbocycles. The molecule has 3 heterocycles. The van der Waals surface area contributed by atoms with E-state index in [9.17, 15) is 9.90 Å². The van der Waals surface area contributed by atoms with Crippen LogP contribution in [0.3, 0.4) is 0 Å². The fourth-order valence-corrected chi connectivity index (χ4v) is 4.57. The van der Waals surface area contributed by atoms with Gasteiger partial charge in [-0.2, -0.15) is 0 Å². The van der Waals surface area contributed by atoms with Crippen molar-refractivity contribution in [2.45, 2.75) is 38.6 Å². The fourth-order valence-electron chi connectivity index (χ4n) is 4.57. The quantitative estimate of drug-likeness (QED) is 0.487. The second-order valence-electron chi connectivity index (χ2n) is 9.04. The van der Waals surface area contributed by atoms with Gasteiger partial charge in [-0.1, -0.05) is 18.2 Å². The Labute approximate surface area is 198 Å². The molecule has 0 atom stereocenters. The van der Waals surface area contributed by atoms with E-state index >= 15 is 0 Å². The average molecular weight is 460 g/mol. The number of aromatic nitrogens is 1. The van der Waals surface area contributed by atoms with Crippen LogP contribution in [0.5, 0.6) is 5.88 Å². The third kappa shape index (κ3) is 4.43. The van der Waals surface area contributed by atoms with E-state index in [1.54, 1.807) is 24.5 Å². The summed E-state index contributed by atoms with van der Waals surface area (Å²) >= 11 is 0. The highest BCUT2D eigenvalue weighted by Crippen LogP contribution is 2.35. The van der Waals surface area contributed by atoms with Crippen LogP contribution >= 0.6 is 0 Å². The van der Waals surface area contributed by atoms with E-state index in [1.807, 2.05) is 12.2 Å². The van der Waals surface area contributed by atoms with Crippen molar-refractivity contribution in [2.24, 2.45) is 4.99 Å². The lowest BCUT2D eigenvalue weighted by Crippen LogP contribution is -2.32. The van der Waals surface area contributed by atoms with E-state index in [1.165, 1.54) is 13.2 Å². The van der Waals surface area contributed by atoms with Gasteiger partial charge in [0.25, 0.3) is 0 Å². The van der Waals surface area contributed by atoms with Crippen molar-refractivity contribution in [2.75, 3.05) is 20.1 Å². The number of likely N-dealkylation sites (tertiary alicyclic amines) is 1. The number of ether oxygens (including phenoxy) is 2. The lowest BCUT2D eigenvalue weighted by molar-refractivity contribution is 0.101. The minimum atomic E-state index is -0.0404. The summed E-state index contributed by atoms with van der Waals surface area (Å²) in [5, 5.41) is 11.7. The number of aromatic amines is 1. The summed E-state index contributed by atoms with van der Waals surface area (Å²) in [5.74, 6) is 1.03. The molecule has 1 aromatic carbocycles. The standard InChI is InChI=1S/C27H29N3O4/c1-17(31)19-8-9-22-21(14-19)25(27(32)29-22)26(28-20-10-12-30(2)13-11-20)24-16-33-15-23(34-24)18-6-4-3-5-7-18/h3-4,6,8-9,14-16,20,29,32H,5,7,10-13H2,1-2H3. The van der Waals surface area contributed by atoms with Gasteiger partial charge in [0.2, 0.25) is 0 Å². The van der Waals surface area contributed by atoms with E-state index in [4.69, 9.17) is 14.5 Å². The zero-order valence-electron chi connectivity index (χ0n) is 19.5. The van der Waals surface area contributed by atoms with E-state index in [0.29, 0.717) is 28.4 Å². The number of nitrogens with zero attached hydrogens (tertiary/aromatic N) is 2. The van der Waals surface area contributed by atoms with E-state index in [0.717, 1.165) is 55.2 Å². The Balaban J connectivity index is 1.59. The lowest BCUT2D eigenvalue weighted by atomic mass is 10.0. The van der Waals surface area contributed by atoms with Crippen LogP contribution in [-0.4, -0.2) is 52.7 Å². The number of ketones is 1. The molecule has 0 saturated carbocycles. The first-order chi connectivity index (χ1) is 16.5. The predicted molar refractivity (Wildman–Crippen MR) is 132 cm³/mol. The summed E-state index contributed by atoms with van der Waals surface area (Å²) in [7, 11) is 2.11. The molecule has 0 bridgehead atoms. The van der Waals surface area contributed by atoms with Gasteiger partial charge >= 0.3 is 0 Å². The van der Waals surface area contributed by atoms with Gasteiger partial charge in [0.05, 0.1) is 11.6 Å². The summed E-state index contributed by atoms with van der Waals surface area (Å²) in [6, 6.07) is 5.44. The van der Waals surface area contributed by atoms with Crippen LogP contribution in [0.1, 0.15) is 48.5 Å². The third-order valence-electron chi connectivity index (χ3n) is 6.56. The number of allylic oxidation sites excluding steroid dienone is 5. The number of carbonyl (C=O) groups excluding carboxylic acids is 1. The number of Topliss-reactive ketones (excluding diaryl/α,β-unsaturated/α-hetero) is 1. The van der Waals surface area contributed by atoms with E-state index in [2.05, 4.69) is 23.0 Å². The van der Waals surface area contributed by atoms with Gasteiger partial charge in [-0.05, 0) is 76.5 Å². The molecule has 3 aliphatic rings. The number of piperidine rings is 1. The highest BCUT2D eigenvalue weighted by atomic mass is 16.5. The maximum atomic E-state index is 12.1. The number of benzene rings is 1. The average Bonchev–Trinajstić information content (AvgIpc) is 3.19. The van der Waals surface area contributed by atoms with Crippen LogP contribution < -0.4 is 0 Å². The smallest absolute Gasteiger partial charge is 0.199 e. The SMILES string of the molecule is CC(=O)c1ccc2[nH]c(O)c(C(=NC3CCN(C)CC3)C3=COC=C(C4=CC=CCC4)O3)c2c1. The Hall–Kier alpha value is -3.58. The number of fused-ring (bicyclic) bond motifs is 1. The van der Waals surface area contributed by atoms with E-state index < -0.39 is 0 Å². The van der Waals surface area contributed by atoms with Crippen molar-refractivity contribution in [3.8, 4) is 5.88 Å². The minimum Gasteiger partial charge on any atom is -0.494 e. The Morgan fingerprint density at radius 1 is 1.24 bits per heavy atom. The molecule has 7 heteroatoms. The fraction of sp³-hybridized carbons (Fsp3) is 0.333. The highest BCUT2D eigenvalue weighted by Gasteiger charge is 2.28. The van der Waals surface area contributed by atoms with Gasteiger partial charge in [-0.25, -0.2) is 0 Å². The number of H-pyrrole nitrogens is 1. The Bertz CT molecular complexity index is 1270. The molecule has 5 rings (SSSR count). The van der Waals surface area contributed by atoms with Crippen LogP contribution in [-0.2, 0) is 9.47 Å². The number of rotatable bonds is 5. The molecule has 0 unspecified atom stereocenters. The zero-order valence-corrected chi connectivity index (χ0v) is 19.5. The Kier molecular flexibility index (Phi) is 6.11. The molecule has 2 aromatic rings. The van der Waals surface area contributed by atoms with Crippen molar-refractivity contribution in [3.63, 3.8) is 0 Å². The van der Waals surface area contributed by atoms with Crippen LogP contribution in [0.15, 0.2) is 71.0 Å².